The minimum absolute atomic E-state index is 0.0340. The SMILES string of the molecule is O=[SH]1(c2ccccc2)c2ccc(N3c4cc5c(cc4C4C=CC=CC43)c3ccccc3n5-c3ccccc3)cc2Oc2cc(-n3c4ccccc4c4cc5c6ccccc6n(-c6ccccc6)c5cc43)ccc21. The van der Waals surface area contributed by atoms with Crippen molar-refractivity contribution in [2.24, 2.45) is 0 Å². The van der Waals surface area contributed by atoms with Gasteiger partial charge in [-0.1, -0.05) is 133 Å². The lowest BCUT2D eigenvalue weighted by Gasteiger charge is -2.35. The zero-order valence-electron chi connectivity index (χ0n) is 39.4. The Balaban J connectivity index is 0.891. The maximum atomic E-state index is 16.4. The van der Waals surface area contributed by atoms with Gasteiger partial charge in [0.25, 0.3) is 0 Å². The third-order valence-electron chi connectivity index (χ3n) is 15.8. The molecular weight excluding hydrogens is 913 g/mol. The molecule has 0 radical (unpaired) electrons. The van der Waals surface area contributed by atoms with Crippen molar-refractivity contribution in [2.45, 2.75) is 26.6 Å². The molecule has 0 N–H and O–H groups in total. The second-order valence-corrected chi connectivity index (χ2v) is 22.2. The lowest BCUT2D eigenvalue weighted by atomic mass is 9.90. The van der Waals surface area contributed by atoms with Gasteiger partial charge >= 0.3 is 0 Å². The number of rotatable bonds is 5. The molecule has 0 saturated carbocycles. The van der Waals surface area contributed by atoms with E-state index >= 15 is 4.21 Å². The van der Waals surface area contributed by atoms with Crippen molar-refractivity contribution in [3.63, 3.8) is 0 Å². The van der Waals surface area contributed by atoms with Gasteiger partial charge in [-0.2, -0.15) is 0 Å². The Hall–Kier alpha value is -9.17. The number of benzene rings is 10. The van der Waals surface area contributed by atoms with Crippen LogP contribution < -0.4 is 9.64 Å². The summed E-state index contributed by atoms with van der Waals surface area (Å²) in [5.41, 5.74) is 13.4. The lowest BCUT2D eigenvalue weighted by Crippen LogP contribution is -2.29. The number of ether oxygens (including phenoxy) is 1. The molecule has 10 aromatic carbocycles. The third-order valence-corrected chi connectivity index (χ3v) is 18.9. The van der Waals surface area contributed by atoms with Gasteiger partial charge in [-0.15, -0.1) is 0 Å². The van der Waals surface area contributed by atoms with Crippen LogP contribution in [0, 0.1) is 0 Å². The molecule has 1 aliphatic carbocycles. The molecule has 0 bridgehead atoms. The van der Waals surface area contributed by atoms with E-state index in [-0.39, 0.29) is 12.0 Å². The molecule has 2 atom stereocenters. The molecule has 0 saturated heterocycles. The Morgan fingerprint density at radius 3 is 1.42 bits per heavy atom. The van der Waals surface area contributed by atoms with E-state index in [1.165, 1.54) is 38.0 Å². The maximum absolute atomic E-state index is 16.4. The fourth-order valence-corrected chi connectivity index (χ4v) is 15.5. The topological polar surface area (TPSA) is 44.3 Å². The molecule has 2 aliphatic heterocycles. The van der Waals surface area contributed by atoms with E-state index in [9.17, 15) is 0 Å². The van der Waals surface area contributed by atoms with Crippen molar-refractivity contribution in [3.05, 3.63) is 254 Å². The molecule has 73 heavy (non-hydrogen) atoms. The summed E-state index contributed by atoms with van der Waals surface area (Å²) in [7, 11) is -3.45. The minimum Gasteiger partial charge on any atom is -0.455 e. The maximum Gasteiger partial charge on any atom is 0.144 e. The van der Waals surface area contributed by atoms with Crippen LogP contribution in [0.1, 0.15) is 11.5 Å². The van der Waals surface area contributed by atoms with Crippen LogP contribution in [0.3, 0.4) is 0 Å². The minimum atomic E-state index is -3.45. The highest BCUT2D eigenvalue weighted by Gasteiger charge is 2.40. The van der Waals surface area contributed by atoms with Crippen molar-refractivity contribution in [1.82, 2.24) is 13.7 Å². The Kier molecular flexibility index (Phi) is 8.43. The molecule has 6 nitrogen and oxygen atoms in total. The zero-order valence-corrected chi connectivity index (χ0v) is 40.3. The van der Waals surface area contributed by atoms with Gasteiger partial charge in [0.1, 0.15) is 11.5 Å². The van der Waals surface area contributed by atoms with Gasteiger partial charge < -0.3 is 23.3 Å². The second kappa shape index (κ2) is 15.2. The molecule has 3 aromatic heterocycles. The van der Waals surface area contributed by atoms with Crippen molar-refractivity contribution < 1.29 is 8.95 Å². The molecule has 7 heteroatoms. The van der Waals surface area contributed by atoms with E-state index in [0.717, 1.165) is 66.3 Å². The first-order valence-electron chi connectivity index (χ1n) is 25.0. The summed E-state index contributed by atoms with van der Waals surface area (Å²) >= 11 is 0. The first-order chi connectivity index (χ1) is 36.1. The summed E-state index contributed by atoms with van der Waals surface area (Å²) < 4.78 is 30.8. The van der Waals surface area contributed by atoms with Crippen molar-refractivity contribution >= 4 is 86.7 Å². The summed E-state index contributed by atoms with van der Waals surface area (Å²) in [4.78, 5) is 4.63. The van der Waals surface area contributed by atoms with Crippen LogP contribution in [-0.4, -0.2) is 24.0 Å². The third kappa shape index (κ3) is 5.65. The van der Waals surface area contributed by atoms with E-state index in [0.29, 0.717) is 21.3 Å². The Morgan fingerprint density at radius 1 is 0.370 bits per heavy atom. The number of nitrogens with zero attached hydrogens (tertiary/aromatic N) is 4. The van der Waals surface area contributed by atoms with Gasteiger partial charge in [0.05, 0.1) is 48.9 Å². The van der Waals surface area contributed by atoms with Crippen LogP contribution in [0.15, 0.2) is 263 Å². The molecule has 5 heterocycles. The Morgan fingerprint density at radius 2 is 0.836 bits per heavy atom. The Labute approximate surface area is 421 Å². The number of aromatic nitrogens is 3. The molecule has 3 aliphatic rings. The van der Waals surface area contributed by atoms with E-state index in [2.05, 4.69) is 231 Å². The van der Waals surface area contributed by atoms with Gasteiger partial charge in [-0.3, -0.25) is 4.21 Å². The summed E-state index contributed by atoms with van der Waals surface area (Å²) in [5.74, 6) is 1.33. The normalized spacial score (nSPS) is 16.8. The van der Waals surface area contributed by atoms with Gasteiger partial charge in [0.15, 0.2) is 0 Å². The standard InChI is InChI=1S/C66H44N4O2S/c71-73(46-22-8-3-9-23-46)65-34-32-44(69-57-30-16-12-26-49(57)53-38-51-47-24-10-14-28-55(47)67(59(51)40-61(53)69)42-18-4-1-5-19-42)36-63(65)72-64-37-45(33-35-66(64)73)70-58-31-17-13-27-50(58)54-39-52-48-25-11-15-29-56(48)68(60(52)41-62(54)70)43-20-6-2-7-21-43/h1-41,49,57,73H. The van der Waals surface area contributed by atoms with E-state index < -0.39 is 9.93 Å². The van der Waals surface area contributed by atoms with Crippen LogP contribution in [-0.2, 0) is 9.93 Å². The highest BCUT2D eigenvalue weighted by Crippen LogP contribution is 2.55. The highest BCUT2D eigenvalue weighted by atomic mass is 32.2. The fraction of sp³-hybridized carbons (Fsp3) is 0.0303. The molecule has 0 amide bonds. The largest absolute Gasteiger partial charge is 0.455 e. The molecular formula is C66H44N4O2S. The van der Waals surface area contributed by atoms with Crippen LogP contribution >= 0.6 is 0 Å². The average molecular weight is 957 g/mol. The van der Waals surface area contributed by atoms with E-state index in [1.54, 1.807) is 0 Å². The molecule has 0 fully saturated rings. The number of para-hydroxylation sites is 5. The van der Waals surface area contributed by atoms with Gasteiger partial charge in [0.2, 0.25) is 0 Å². The fourth-order valence-electron chi connectivity index (χ4n) is 12.7. The number of hydrogen-bond donors (Lipinski definition) is 1. The number of fused-ring (bicyclic) bond motifs is 14. The van der Waals surface area contributed by atoms with Crippen molar-refractivity contribution in [1.29, 1.82) is 0 Å². The first kappa shape index (κ1) is 40.5. The molecule has 2 unspecified atom stereocenters. The summed E-state index contributed by atoms with van der Waals surface area (Å²) in [6.45, 7) is 0. The predicted molar refractivity (Wildman–Crippen MR) is 300 cm³/mol. The van der Waals surface area contributed by atoms with Crippen molar-refractivity contribution in [2.75, 3.05) is 4.90 Å². The number of thiol groups is 1. The Bertz CT molecular complexity index is 4580. The van der Waals surface area contributed by atoms with Crippen LogP contribution in [0.5, 0.6) is 11.5 Å². The lowest BCUT2D eigenvalue weighted by molar-refractivity contribution is 0.448. The number of anilines is 2. The smallest absolute Gasteiger partial charge is 0.144 e. The highest BCUT2D eigenvalue weighted by molar-refractivity contribution is 8.03. The van der Waals surface area contributed by atoms with Gasteiger partial charge in [0, 0.05) is 83.7 Å². The van der Waals surface area contributed by atoms with Crippen molar-refractivity contribution in [3.8, 4) is 28.6 Å². The number of allylic oxidation sites excluding steroid dienone is 2. The predicted octanol–water partition coefficient (Wildman–Crippen LogP) is 16.3. The average Bonchev–Trinajstić information content (AvgIpc) is 4.16. The van der Waals surface area contributed by atoms with Gasteiger partial charge in [-0.05, 0) is 119 Å². The zero-order chi connectivity index (χ0) is 47.9. The number of hydrogen-bond acceptors (Lipinski definition) is 3. The first-order valence-corrected chi connectivity index (χ1v) is 26.7. The monoisotopic (exact) mass is 956 g/mol. The second-order valence-electron chi connectivity index (χ2n) is 19.6. The van der Waals surface area contributed by atoms with Crippen LogP contribution in [0.25, 0.3) is 82.5 Å². The molecule has 13 aromatic rings. The molecule has 16 rings (SSSR count). The summed E-state index contributed by atoms with van der Waals surface area (Å²) in [5, 5.41) is 7.21. The summed E-state index contributed by atoms with van der Waals surface area (Å²) in [6, 6.07) is 79.5. The van der Waals surface area contributed by atoms with E-state index in [4.69, 9.17) is 4.74 Å². The summed E-state index contributed by atoms with van der Waals surface area (Å²) in [6.07, 6.45) is 8.99. The quantitative estimate of drug-likeness (QED) is 0.175. The van der Waals surface area contributed by atoms with Crippen LogP contribution in [0.2, 0.25) is 0 Å². The van der Waals surface area contributed by atoms with Gasteiger partial charge in [-0.25, -0.2) is 0 Å². The molecule has 0 spiro atoms. The van der Waals surface area contributed by atoms with Crippen LogP contribution in [0.4, 0.5) is 11.4 Å². The van der Waals surface area contributed by atoms with E-state index in [1.807, 2.05) is 36.4 Å². The molecule has 346 valence electrons.